The number of aromatic carboxylic acids is 1. The largest absolute Gasteiger partial charge is 0.476 e. The lowest BCUT2D eigenvalue weighted by molar-refractivity contribution is 0.0689. The molecule has 1 aliphatic rings. The molecule has 1 aliphatic carbocycles. The molecule has 0 saturated carbocycles. The van der Waals surface area contributed by atoms with Crippen LogP contribution in [0.1, 0.15) is 46.1 Å². The molecule has 1 unspecified atom stereocenters. The van der Waals surface area contributed by atoms with E-state index in [0.29, 0.717) is 18.2 Å². The number of carboxylic acid groups (broad SMARTS) is 1. The van der Waals surface area contributed by atoms with E-state index in [4.69, 9.17) is 5.11 Å². The first kappa shape index (κ1) is 12.8. The Morgan fingerprint density at radius 2 is 2.25 bits per heavy atom. The summed E-state index contributed by atoms with van der Waals surface area (Å²) in [6.45, 7) is 2.46. The van der Waals surface area contributed by atoms with E-state index in [9.17, 15) is 4.79 Å². The first-order valence-electron chi connectivity index (χ1n) is 6.88. The fourth-order valence-electron chi connectivity index (χ4n) is 2.98. The standard InChI is InChI=1S/C15H17N3O2/c1-10-14(15(19)20)16-17-18(10)9-12-7-4-6-11-5-2-3-8-13(11)12/h2-3,5,8,12H,4,6-7,9H2,1H3,(H,19,20). The molecule has 0 amide bonds. The molecule has 1 atom stereocenters. The van der Waals surface area contributed by atoms with Crippen molar-refractivity contribution >= 4 is 5.97 Å². The molecule has 0 saturated heterocycles. The lowest BCUT2D eigenvalue weighted by Gasteiger charge is -2.25. The summed E-state index contributed by atoms with van der Waals surface area (Å²) in [5.74, 6) is -0.625. The van der Waals surface area contributed by atoms with Crippen molar-refractivity contribution in [3.05, 3.63) is 46.8 Å². The number of rotatable bonds is 3. The predicted octanol–water partition coefficient (Wildman–Crippen LogP) is 2.40. The van der Waals surface area contributed by atoms with Gasteiger partial charge in [0.05, 0.1) is 5.69 Å². The zero-order valence-electron chi connectivity index (χ0n) is 11.4. The lowest BCUT2D eigenvalue weighted by Crippen LogP contribution is -2.17. The van der Waals surface area contributed by atoms with Crippen molar-refractivity contribution in [2.75, 3.05) is 0 Å². The molecule has 3 rings (SSSR count). The second-order valence-electron chi connectivity index (χ2n) is 5.30. The smallest absolute Gasteiger partial charge is 0.358 e. The van der Waals surface area contributed by atoms with Crippen LogP contribution in [0.3, 0.4) is 0 Å². The molecule has 0 radical (unpaired) electrons. The van der Waals surface area contributed by atoms with Gasteiger partial charge in [0.25, 0.3) is 0 Å². The molecule has 1 heterocycles. The molecule has 0 bridgehead atoms. The van der Waals surface area contributed by atoms with Gasteiger partial charge in [0, 0.05) is 12.5 Å². The first-order valence-corrected chi connectivity index (χ1v) is 6.88. The maximum absolute atomic E-state index is 11.0. The second kappa shape index (κ2) is 5.07. The molecule has 0 aliphatic heterocycles. The highest BCUT2D eigenvalue weighted by atomic mass is 16.4. The molecule has 5 heteroatoms. The van der Waals surface area contributed by atoms with E-state index in [-0.39, 0.29) is 5.69 Å². The van der Waals surface area contributed by atoms with Gasteiger partial charge in [-0.1, -0.05) is 29.5 Å². The molecule has 1 N–H and O–H groups in total. The third-order valence-corrected chi connectivity index (χ3v) is 4.07. The summed E-state index contributed by atoms with van der Waals surface area (Å²) < 4.78 is 1.72. The Balaban J connectivity index is 1.88. The molecule has 5 nitrogen and oxygen atoms in total. The maximum atomic E-state index is 11.0. The number of nitrogens with zero attached hydrogens (tertiary/aromatic N) is 3. The van der Waals surface area contributed by atoms with Crippen LogP contribution in [0.4, 0.5) is 0 Å². The maximum Gasteiger partial charge on any atom is 0.358 e. The monoisotopic (exact) mass is 271 g/mol. The fraction of sp³-hybridized carbons (Fsp3) is 0.400. The Morgan fingerprint density at radius 3 is 3.00 bits per heavy atom. The Bertz CT molecular complexity index is 648. The van der Waals surface area contributed by atoms with E-state index >= 15 is 0 Å². The normalized spacial score (nSPS) is 17.8. The quantitative estimate of drug-likeness (QED) is 0.930. The molecular weight excluding hydrogens is 254 g/mol. The van der Waals surface area contributed by atoms with Gasteiger partial charge in [0.2, 0.25) is 0 Å². The van der Waals surface area contributed by atoms with Crippen LogP contribution in [-0.4, -0.2) is 26.1 Å². The number of carboxylic acids is 1. The van der Waals surface area contributed by atoms with Crippen molar-refractivity contribution in [2.45, 2.75) is 38.6 Å². The predicted molar refractivity (Wildman–Crippen MR) is 73.8 cm³/mol. The van der Waals surface area contributed by atoms with Crippen molar-refractivity contribution in [3.63, 3.8) is 0 Å². The van der Waals surface area contributed by atoms with Crippen molar-refractivity contribution < 1.29 is 9.90 Å². The van der Waals surface area contributed by atoms with Gasteiger partial charge in [-0.3, -0.25) is 0 Å². The van der Waals surface area contributed by atoms with Crippen LogP contribution >= 0.6 is 0 Å². The van der Waals surface area contributed by atoms with Crippen LogP contribution in [0.5, 0.6) is 0 Å². The van der Waals surface area contributed by atoms with E-state index in [1.165, 1.54) is 17.5 Å². The zero-order valence-corrected chi connectivity index (χ0v) is 11.4. The van der Waals surface area contributed by atoms with Gasteiger partial charge in [-0.2, -0.15) is 0 Å². The highest BCUT2D eigenvalue weighted by molar-refractivity contribution is 5.86. The minimum atomic E-state index is -1.02. The van der Waals surface area contributed by atoms with Crippen molar-refractivity contribution in [1.82, 2.24) is 15.0 Å². The van der Waals surface area contributed by atoms with E-state index < -0.39 is 5.97 Å². The van der Waals surface area contributed by atoms with Crippen LogP contribution in [0, 0.1) is 6.92 Å². The number of benzene rings is 1. The minimum absolute atomic E-state index is 0.0501. The van der Waals surface area contributed by atoms with Crippen molar-refractivity contribution in [3.8, 4) is 0 Å². The zero-order chi connectivity index (χ0) is 14.1. The van der Waals surface area contributed by atoms with Gasteiger partial charge in [-0.25, -0.2) is 9.48 Å². The van der Waals surface area contributed by atoms with Gasteiger partial charge < -0.3 is 5.11 Å². The highest BCUT2D eigenvalue weighted by Crippen LogP contribution is 2.32. The number of aryl methyl sites for hydroxylation is 1. The Kier molecular flexibility index (Phi) is 3.26. The van der Waals surface area contributed by atoms with Crippen LogP contribution in [-0.2, 0) is 13.0 Å². The van der Waals surface area contributed by atoms with Gasteiger partial charge in [-0.15, -0.1) is 5.10 Å². The fourth-order valence-corrected chi connectivity index (χ4v) is 2.98. The number of aromatic nitrogens is 3. The summed E-state index contributed by atoms with van der Waals surface area (Å²) in [5.41, 5.74) is 3.44. The van der Waals surface area contributed by atoms with Crippen LogP contribution in [0.2, 0.25) is 0 Å². The topological polar surface area (TPSA) is 68.0 Å². The van der Waals surface area contributed by atoms with E-state index in [1.54, 1.807) is 11.6 Å². The Labute approximate surface area is 117 Å². The SMILES string of the molecule is Cc1c(C(=O)O)nnn1CC1CCCc2ccccc21. The molecule has 0 fully saturated rings. The first-order chi connectivity index (χ1) is 9.66. The van der Waals surface area contributed by atoms with Gasteiger partial charge >= 0.3 is 5.97 Å². The summed E-state index contributed by atoms with van der Waals surface area (Å²) in [6, 6.07) is 8.49. The van der Waals surface area contributed by atoms with Crippen molar-refractivity contribution in [2.24, 2.45) is 0 Å². The van der Waals surface area contributed by atoms with Crippen molar-refractivity contribution in [1.29, 1.82) is 0 Å². The molecule has 20 heavy (non-hydrogen) atoms. The molecule has 1 aromatic heterocycles. The average molecular weight is 271 g/mol. The molecular formula is C15H17N3O2. The summed E-state index contributed by atoms with van der Waals surface area (Å²) in [4.78, 5) is 11.0. The third kappa shape index (κ3) is 2.19. The van der Waals surface area contributed by atoms with Crippen LogP contribution in [0.15, 0.2) is 24.3 Å². The lowest BCUT2D eigenvalue weighted by atomic mass is 9.83. The van der Waals surface area contributed by atoms with Gasteiger partial charge in [-0.05, 0) is 37.3 Å². The minimum Gasteiger partial charge on any atom is -0.476 e. The highest BCUT2D eigenvalue weighted by Gasteiger charge is 2.23. The summed E-state index contributed by atoms with van der Waals surface area (Å²) in [7, 11) is 0. The molecule has 1 aromatic carbocycles. The van der Waals surface area contributed by atoms with Gasteiger partial charge in [0.15, 0.2) is 5.69 Å². The van der Waals surface area contributed by atoms with E-state index in [0.717, 1.165) is 12.8 Å². The van der Waals surface area contributed by atoms with Crippen LogP contribution < -0.4 is 0 Å². The van der Waals surface area contributed by atoms with E-state index in [2.05, 4.69) is 34.6 Å². The Morgan fingerprint density at radius 1 is 1.45 bits per heavy atom. The van der Waals surface area contributed by atoms with Crippen LogP contribution in [0.25, 0.3) is 0 Å². The summed E-state index contributed by atoms with van der Waals surface area (Å²) >= 11 is 0. The third-order valence-electron chi connectivity index (χ3n) is 4.07. The Hall–Kier alpha value is -2.17. The summed E-state index contributed by atoms with van der Waals surface area (Å²) in [6.07, 6.45) is 3.41. The number of hydrogen-bond acceptors (Lipinski definition) is 3. The number of carbonyl (C=O) groups is 1. The number of hydrogen-bond donors (Lipinski definition) is 1. The number of fused-ring (bicyclic) bond motifs is 1. The molecule has 2 aromatic rings. The average Bonchev–Trinajstić information content (AvgIpc) is 2.81. The van der Waals surface area contributed by atoms with Gasteiger partial charge in [0.1, 0.15) is 0 Å². The summed E-state index contributed by atoms with van der Waals surface area (Å²) in [5, 5.41) is 16.8. The molecule has 0 spiro atoms. The second-order valence-corrected chi connectivity index (χ2v) is 5.30. The van der Waals surface area contributed by atoms with E-state index in [1.807, 2.05) is 0 Å². The molecule has 104 valence electrons.